The van der Waals surface area contributed by atoms with Gasteiger partial charge >= 0.3 is 0 Å². The lowest BCUT2D eigenvalue weighted by molar-refractivity contribution is 0.601. The van der Waals surface area contributed by atoms with Crippen molar-refractivity contribution in [2.24, 2.45) is 0 Å². The molecule has 0 atom stereocenters. The highest BCUT2D eigenvalue weighted by atomic mass is 32.2. The summed E-state index contributed by atoms with van der Waals surface area (Å²) in [6.45, 7) is 10.7. The van der Waals surface area contributed by atoms with Crippen LogP contribution in [0.15, 0.2) is 124 Å². The SMILES string of the molecule is C.CS(=O)(=O)CCc1ccccc1.CSCCCn1cnc2c(N)ncnc21.CSCCn1ccnc1.CSCCn1cnc(-c2cccnc2)c1.CSCCn1cnc2c(N(C)C)ncnc21.CSCCn1cncn1.[C-]#[N+]C. The molecule has 0 fully saturated rings. The van der Waals surface area contributed by atoms with Gasteiger partial charge in [-0.05, 0) is 67.6 Å². The van der Waals surface area contributed by atoms with Gasteiger partial charge in [0.25, 0.3) is 0 Å². The Bertz CT molecular complexity index is 3060. The van der Waals surface area contributed by atoms with Crippen LogP contribution in [-0.2, 0) is 49.0 Å². The Morgan fingerprint density at radius 2 is 1.25 bits per heavy atom. The summed E-state index contributed by atoms with van der Waals surface area (Å²) in [6, 6.07) is 13.6. The number of aryl methyl sites for hydroxylation is 6. The number of nitrogens with zero attached hydrogens (tertiary/aromatic N) is 18. The number of hydrogen-bond acceptors (Lipinski definition) is 20. The van der Waals surface area contributed by atoms with Gasteiger partial charge in [0, 0.05) is 106 Å². The van der Waals surface area contributed by atoms with Gasteiger partial charge in [-0.2, -0.15) is 63.9 Å². The van der Waals surface area contributed by atoms with Crippen LogP contribution in [0.25, 0.3) is 38.4 Å². The van der Waals surface area contributed by atoms with Crippen LogP contribution in [0, 0.1) is 6.57 Å². The minimum Gasteiger partial charge on any atom is -0.382 e. The van der Waals surface area contributed by atoms with Gasteiger partial charge in [0.05, 0.1) is 43.3 Å². The monoisotopic (exact) mass is 1210 g/mol. The van der Waals surface area contributed by atoms with Gasteiger partial charge < -0.3 is 33.7 Å². The van der Waals surface area contributed by atoms with Crippen LogP contribution in [-0.4, -0.2) is 180 Å². The van der Waals surface area contributed by atoms with Crippen molar-refractivity contribution in [2.75, 3.05) is 104 Å². The number of imidazole rings is 4. The summed E-state index contributed by atoms with van der Waals surface area (Å²) in [5.41, 5.74) is 12.1. The molecule has 0 aliphatic rings. The summed E-state index contributed by atoms with van der Waals surface area (Å²) >= 11 is 9.16. The Kier molecular flexibility index (Phi) is 36.5. The first-order valence-electron chi connectivity index (χ1n) is 24.7. The summed E-state index contributed by atoms with van der Waals surface area (Å²) in [7, 11) is 2.52. The summed E-state index contributed by atoms with van der Waals surface area (Å²) < 4.78 is 31.7. The molecule has 8 heterocycles. The second kappa shape index (κ2) is 41.8. The molecular formula is C53H79N19O2S6. The fraction of sp³-hybridized carbons (Fsp3) is 0.434. The molecule has 0 aliphatic heterocycles. The Morgan fingerprint density at radius 3 is 1.84 bits per heavy atom. The summed E-state index contributed by atoms with van der Waals surface area (Å²) in [6.07, 6.45) is 36.6. The number of fused-ring (bicyclic) bond motifs is 2. The number of thioether (sulfide) groups is 5. The largest absolute Gasteiger partial charge is 0.382 e. The quantitative estimate of drug-likeness (QED) is 0.0522. The first kappa shape index (κ1) is 69.9. The minimum absolute atomic E-state index is 0. The van der Waals surface area contributed by atoms with Crippen molar-refractivity contribution in [3.05, 3.63) is 141 Å². The van der Waals surface area contributed by atoms with E-state index in [2.05, 4.69) is 111 Å². The molecule has 0 unspecified atom stereocenters. The Hall–Kier alpha value is -6.18. The molecule has 0 spiro atoms. The molecule has 0 saturated heterocycles. The number of hydrogen-bond donors (Lipinski definition) is 1. The number of aromatic nitrogens is 16. The predicted octanol–water partition coefficient (Wildman–Crippen LogP) is 9.06. The van der Waals surface area contributed by atoms with Gasteiger partial charge in [-0.1, -0.05) is 37.8 Å². The molecule has 0 amide bonds. The van der Waals surface area contributed by atoms with E-state index in [0.29, 0.717) is 17.8 Å². The molecule has 8 aromatic heterocycles. The third kappa shape index (κ3) is 27.8. The predicted molar refractivity (Wildman–Crippen MR) is 343 cm³/mol. The van der Waals surface area contributed by atoms with Crippen molar-refractivity contribution in [2.45, 2.75) is 53.0 Å². The minimum atomic E-state index is -2.82. The molecule has 0 radical (unpaired) electrons. The zero-order chi connectivity index (χ0) is 57.5. The standard InChI is InChI=1S/C11H13N3S.C10H15N5S.C9H13N5S.C9H12O2S.C6H10N2S.C5H9N3S.C2H3N.CH4/c1-15-6-5-14-8-11(13-9-14)10-3-2-4-12-7-10;1-14(2)9-8-10(12-6-11-9)15(7-13-8)4-5-16-3;1-15-4-2-3-14-6-13-7-8(10)11-5-12-9(7)14;1-12(10,11)8-7-9-5-3-2-4-6-9;1-9-5-4-8-3-2-7-6-8;1-9-3-2-8-5-6-4-7-8;1-3-2;/h2-4,7-9H,5-6H2,1H3;6-7H,4-5H2,1-3H3;5-6H,2-4H2,1H3,(H2,10,11,12);2-6H,7-8H2,1H3;2-3,6H,4-5H2,1H3;4-5H,2-3H2,1H3;1H3;1H4. The van der Waals surface area contributed by atoms with Crippen LogP contribution in [0.1, 0.15) is 19.4 Å². The van der Waals surface area contributed by atoms with Gasteiger partial charge in [0.15, 0.2) is 28.4 Å². The highest BCUT2D eigenvalue weighted by Crippen LogP contribution is 2.20. The number of nitrogens with two attached hydrogens (primary N) is 1. The van der Waals surface area contributed by atoms with E-state index < -0.39 is 9.84 Å². The number of benzene rings is 1. The van der Waals surface area contributed by atoms with E-state index in [1.807, 2.05) is 161 Å². The number of rotatable bonds is 21. The van der Waals surface area contributed by atoms with E-state index in [1.165, 1.54) is 19.6 Å². The Balaban J connectivity index is 0.000000328. The number of sulfone groups is 1. The molecule has 27 heteroatoms. The van der Waals surface area contributed by atoms with E-state index in [1.54, 1.807) is 37.7 Å². The average molecular weight is 1210 g/mol. The molecule has 0 saturated carbocycles. The molecule has 0 bridgehead atoms. The second-order valence-electron chi connectivity index (χ2n) is 16.7. The molecule has 2 N–H and O–H groups in total. The number of pyridine rings is 1. The second-order valence-corrected chi connectivity index (χ2v) is 23.9. The van der Waals surface area contributed by atoms with Gasteiger partial charge in [0.1, 0.15) is 40.7 Å². The van der Waals surface area contributed by atoms with E-state index in [4.69, 9.17) is 12.3 Å². The Labute approximate surface area is 494 Å². The third-order valence-electron chi connectivity index (χ3n) is 10.4. The number of anilines is 2. The highest BCUT2D eigenvalue weighted by molar-refractivity contribution is 7.99. The summed E-state index contributed by atoms with van der Waals surface area (Å²) in [5, 5.41) is 3.95. The van der Waals surface area contributed by atoms with Crippen LogP contribution in [0.3, 0.4) is 0 Å². The lowest BCUT2D eigenvalue weighted by Gasteiger charge is -2.10. The van der Waals surface area contributed by atoms with Crippen LogP contribution < -0.4 is 10.6 Å². The lowest BCUT2D eigenvalue weighted by Crippen LogP contribution is -2.11. The first-order chi connectivity index (χ1) is 38.3. The number of nitrogen functional groups attached to an aromatic ring is 1. The summed E-state index contributed by atoms with van der Waals surface area (Å²) in [5.74, 6) is 7.13. The fourth-order valence-corrected chi connectivity index (χ4v) is 8.99. The fourth-order valence-electron chi connectivity index (χ4n) is 6.43. The van der Waals surface area contributed by atoms with Crippen LogP contribution >= 0.6 is 58.8 Å². The molecule has 21 nitrogen and oxygen atoms in total. The normalized spacial score (nSPS) is 10.2. The van der Waals surface area contributed by atoms with Crippen molar-refractivity contribution in [3.63, 3.8) is 0 Å². The molecule has 80 heavy (non-hydrogen) atoms. The van der Waals surface area contributed by atoms with E-state index in [9.17, 15) is 8.42 Å². The topological polar surface area (TPSA) is 234 Å². The molecular weight excluding hydrogens is 1130 g/mol. The average Bonchev–Trinajstić information content (AvgIpc) is 4.37. The smallest absolute Gasteiger partial charge is 0.205 e. The maximum atomic E-state index is 10.8. The molecule has 0 aliphatic carbocycles. The Morgan fingerprint density at radius 1 is 0.637 bits per heavy atom. The highest BCUT2D eigenvalue weighted by Gasteiger charge is 2.11. The van der Waals surface area contributed by atoms with Crippen LogP contribution in [0.2, 0.25) is 0 Å². The van der Waals surface area contributed by atoms with Crippen molar-refractivity contribution in [3.8, 4) is 11.3 Å². The van der Waals surface area contributed by atoms with Crippen LogP contribution in [0.4, 0.5) is 11.6 Å². The lowest BCUT2D eigenvalue weighted by atomic mass is 10.2. The van der Waals surface area contributed by atoms with E-state index >= 15 is 0 Å². The zero-order valence-corrected chi connectivity index (χ0v) is 51.5. The maximum absolute atomic E-state index is 10.8. The molecule has 1 aromatic carbocycles. The summed E-state index contributed by atoms with van der Waals surface area (Å²) in [4.78, 5) is 46.1. The van der Waals surface area contributed by atoms with Gasteiger partial charge in [0.2, 0.25) is 7.05 Å². The molecule has 9 aromatic rings. The van der Waals surface area contributed by atoms with Crippen molar-refractivity contribution in [1.29, 1.82) is 0 Å². The van der Waals surface area contributed by atoms with Crippen molar-refractivity contribution >= 4 is 103 Å². The molecule has 434 valence electrons. The van der Waals surface area contributed by atoms with E-state index in [0.717, 1.165) is 107 Å². The van der Waals surface area contributed by atoms with Crippen LogP contribution in [0.5, 0.6) is 0 Å². The van der Waals surface area contributed by atoms with Gasteiger partial charge in [-0.25, -0.2) is 59.8 Å². The van der Waals surface area contributed by atoms with Crippen molar-refractivity contribution < 1.29 is 8.42 Å². The van der Waals surface area contributed by atoms with Gasteiger partial charge in [-0.15, -0.1) is 0 Å². The molecule has 9 rings (SSSR count). The van der Waals surface area contributed by atoms with Gasteiger partial charge in [-0.3, -0.25) is 9.67 Å². The van der Waals surface area contributed by atoms with Crippen molar-refractivity contribution in [1.82, 2.24) is 77.9 Å². The zero-order valence-electron chi connectivity index (χ0n) is 46.6. The first-order valence-corrected chi connectivity index (χ1v) is 33.7. The third-order valence-corrected chi connectivity index (χ3v) is 14.4. The maximum Gasteiger partial charge on any atom is 0.205 e. The van der Waals surface area contributed by atoms with E-state index in [-0.39, 0.29) is 13.2 Å².